The topological polar surface area (TPSA) is 107 Å². The predicted molar refractivity (Wildman–Crippen MR) is 159 cm³/mol. The van der Waals surface area contributed by atoms with Gasteiger partial charge < -0.3 is 30.2 Å². The number of hydrogen-bond donors (Lipinski definition) is 3. The van der Waals surface area contributed by atoms with Gasteiger partial charge in [-0.25, -0.2) is 0 Å². The Bertz CT molecular complexity index is 1510. The fraction of sp³-hybridized carbons (Fsp3) is 0.344. The molecule has 3 N–H and O–H groups in total. The van der Waals surface area contributed by atoms with Crippen molar-refractivity contribution in [2.45, 2.75) is 19.8 Å². The summed E-state index contributed by atoms with van der Waals surface area (Å²) in [6.07, 6.45) is 5.97. The van der Waals surface area contributed by atoms with Gasteiger partial charge in [-0.3, -0.25) is 14.4 Å². The van der Waals surface area contributed by atoms with Crippen molar-refractivity contribution in [2.24, 2.45) is 0 Å². The lowest BCUT2D eigenvalue weighted by atomic mass is 9.93. The summed E-state index contributed by atoms with van der Waals surface area (Å²) < 4.78 is 5.38. The molecule has 0 saturated carbocycles. The van der Waals surface area contributed by atoms with Crippen molar-refractivity contribution in [1.29, 1.82) is 0 Å². The molecule has 9 heteroatoms. The van der Waals surface area contributed by atoms with Gasteiger partial charge in [-0.15, -0.1) is 0 Å². The molecule has 0 aliphatic carbocycles. The third-order valence-corrected chi connectivity index (χ3v) is 8.17. The van der Waals surface area contributed by atoms with Gasteiger partial charge in [-0.2, -0.15) is 0 Å². The first-order chi connectivity index (χ1) is 20.0. The summed E-state index contributed by atoms with van der Waals surface area (Å²) in [5, 5.41) is 6.02. The van der Waals surface area contributed by atoms with Gasteiger partial charge in [-0.05, 0) is 73.8 Å². The van der Waals surface area contributed by atoms with Gasteiger partial charge in [0.05, 0.1) is 24.4 Å². The molecule has 3 aromatic rings. The average molecular weight is 554 g/mol. The van der Waals surface area contributed by atoms with Crippen LogP contribution in [0.15, 0.2) is 48.7 Å². The molecule has 0 atom stereocenters. The maximum absolute atomic E-state index is 13.2. The van der Waals surface area contributed by atoms with Crippen LogP contribution in [0.5, 0.6) is 0 Å². The third kappa shape index (κ3) is 5.55. The minimum atomic E-state index is -0.210. The van der Waals surface area contributed by atoms with Crippen LogP contribution in [-0.4, -0.2) is 85.0 Å². The van der Waals surface area contributed by atoms with Gasteiger partial charge in [0.25, 0.3) is 17.7 Å². The lowest BCUT2D eigenvalue weighted by Gasteiger charge is -2.26. The number of anilines is 1. The van der Waals surface area contributed by atoms with E-state index in [0.717, 1.165) is 41.9 Å². The largest absolute Gasteiger partial charge is 0.378 e. The fourth-order valence-electron chi connectivity index (χ4n) is 5.86. The van der Waals surface area contributed by atoms with E-state index >= 15 is 0 Å². The molecular formula is C32H35N5O4. The summed E-state index contributed by atoms with van der Waals surface area (Å²) in [5.41, 5.74) is 6.37. The number of aromatic amines is 1. The number of hydrogen-bond acceptors (Lipinski definition) is 5. The maximum atomic E-state index is 13.2. The lowest BCUT2D eigenvalue weighted by Crippen LogP contribution is -2.40. The zero-order valence-corrected chi connectivity index (χ0v) is 23.3. The van der Waals surface area contributed by atoms with Crippen molar-refractivity contribution in [2.75, 3.05) is 57.8 Å². The minimum Gasteiger partial charge on any atom is -0.378 e. The predicted octanol–water partition coefficient (Wildman–Crippen LogP) is 3.78. The summed E-state index contributed by atoms with van der Waals surface area (Å²) >= 11 is 0. The van der Waals surface area contributed by atoms with Crippen molar-refractivity contribution < 1.29 is 19.1 Å². The molecule has 0 unspecified atom stereocenters. The number of benzene rings is 2. The second-order valence-electron chi connectivity index (χ2n) is 10.8. The van der Waals surface area contributed by atoms with Gasteiger partial charge >= 0.3 is 0 Å². The fourth-order valence-corrected chi connectivity index (χ4v) is 5.86. The molecule has 3 amide bonds. The zero-order chi connectivity index (χ0) is 28.3. The van der Waals surface area contributed by atoms with Gasteiger partial charge in [0.2, 0.25) is 0 Å². The smallest absolute Gasteiger partial charge is 0.256 e. The molecule has 41 heavy (non-hydrogen) atoms. The van der Waals surface area contributed by atoms with Crippen molar-refractivity contribution in [3.63, 3.8) is 0 Å². The second-order valence-corrected chi connectivity index (χ2v) is 10.8. The monoisotopic (exact) mass is 553 g/mol. The molecule has 3 aliphatic heterocycles. The van der Waals surface area contributed by atoms with Gasteiger partial charge in [0.1, 0.15) is 0 Å². The number of morpholine rings is 1. The van der Waals surface area contributed by atoms with Crippen LogP contribution in [0.3, 0.4) is 0 Å². The van der Waals surface area contributed by atoms with Gasteiger partial charge in [0, 0.05) is 54.9 Å². The Kier molecular flexibility index (Phi) is 7.71. The van der Waals surface area contributed by atoms with Crippen LogP contribution in [-0.2, 0) is 9.53 Å². The van der Waals surface area contributed by atoms with Crippen LogP contribution in [0.25, 0.3) is 22.8 Å². The quantitative estimate of drug-likeness (QED) is 0.386. The van der Waals surface area contributed by atoms with Crippen LogP contribution in [0.4, 0.5) is 5.69 Å². The van der Waals surface area contributed by atoms with Crippen LogP contribution >= 0.6 is 0 Å². The van der Waals surface area contributed by atoms with Crippen molar-refractivity contribution in [1.82, 2.24) is 20.1 Å². The molecule has 2 fully saturated rings. The Morgan fingerprint density at radius 2 is 1.83 bits per heavy atom. The van der Waals surface area contributed by atoms with Crippen LogP contribution < -0.4 is 10.6 Å². The maximum Gasteiger partial charge on any atom is 0.256 e. The van der Waals surface area contributed by atoms with E-state index in [1.165, 1.54) is 12.8 Å². The molecule has 1 aromatic heterocycles. The number of nitrogens with zero attached hydrogens (tertiary/aromatic N) is 2. The minimum absolute atomic E-state index is 0.0424. The molecule has 2 saturated heterocycles. The molecular weight excluding hydrogens is 518 g/mol. The van der Waals surface area contributed by atoms with E-state index in [1.54, 1.807) is 11.1 Å². The summed E-state index contributed by atoms with van der Waals surface area (Å²) in [5.74, 6) is -0.361. The molecule has 2 aromatic carbocycles. The highest BCUT2D eigenvalue weighted by atomic mass is 16.5. The molecule has 212 valence electrons. The number of likely N-dealkylation sites (tertiary alicyclic amines) is 1. The highest BCUT2D eigenvalue weighted by Crippen LogP contribution is 2.41. The summed E-state index contributed by atoms with van der Waals surface area (Å²) in [6.45, 7) is 7.76. The van der Waals surface area contributed by atoms with Crippen molar-refractivity contribution >= 4 is 35.1 Å². The van der Waals surface area contributed by atoms with E-state index in [9.17, 15) is 14.4 Å². The second kappa shape index (κ2) is 11.7. The van der Waals surface area contributed by atoms with E-state index in [0.29, 0.717) is 60.9 Å². The molecule has 3 aliphatic rings. The molecule has 0 bridgehead atoms. The highest BCUT2D eigenvalue weighted by Gasteiger charge is 2.29. The van der Waals surface area contributed by atoms with E-state index < -0.39 is 0 Å². The number of nitrogens with one attached hydrogen (secondary N) is 3. The number of ether oxygens (including phenoxy) is 1. The molecule has 0 spiro atoms. The van der Waals surface area contributed by atoms with E-state index in [2.05, 4.69) is 20.5 Å². The van der Waals surface area contributed by atoms with E-state index in [-0.39, 0.29) is 17.7 Å². The summed E-state index contributed by atoms with van der Waals surface area (Å²) in [6, 6.07) is 13.3. The van der Waals surface area contributed by atoms with Crippen molar-refractivity contribution in [3.05, 3.63) is 76.6 Å². The van der Waals surface area contributed by atoms with Crippen molar-refractivity contribution in [3.8, 4) is 11.1 Å². The average Bonchev–Trinajstić information content (AvgIpc) is 3.73. The Balaban J connectivity index is 1.26. The summed E-state index contributed by atoms with van der Waals surface area (Å²) in [4.78, 5) is 46.6. The zero-order valence-electron chi connectivity index (χ0n) is 23.3. The Morgan fingerprint density at radius 1 is 1.05 bits per heavy atom. The SMILES string of the molecule is Cc1c(C(=O)N2CCOCC2)c[nH]c1C=C1C(=O)Nc2cccc(-c3cccc(C(=O)NCCN4CCCC4)c3)c21. The first-order valence-corrected chi connectivity index (χ1v) is 14.3. The Hall–Kier alpha value is -4.21. The Labute approximate surface area is 239 Å². The van der Waals surface area contributed by atoms with Gasteiger partial charge in [0.15, 0.2) is 0 Å². The van der Waals surface area contributed by atoms with Gasteiger partial charge in [-0.1, -0.05) is 24.3 Å². The third-order valence-electron chi connectivity index (χ3n) is 8.17. The number of H-pyrrole nitrogens is 1. The lowest BCUT2D eigenvalue weighted by molar-refractivity contribution is -0.110. The highest BCUT2D eigenvalue weighted by molar-refractivity contribution is 6.36. The number of aromatic nitrogens is 1. The molecule has 4 heterocycles. The van der Waals surface area contributed by atoms with Crippen LogP contribution in [0.2, 0.25) is 0 Å². The van der Waals surface area contributed by atoms with Crippen LogP contribution in [0, 0.1) is 6.92 Å². The molecule has 0 radical (unpaired) electrons. The number of amides is 3. The number of rotatable bonds is 7. The molecule has 9 nitrogen and oxygen atoms in total. The number of carbonyl (C=O) groups excluding carboxylic acids is 3. The van der Waals surface area contributed by atoms with E-state index in [1.807, 2.05) is 55.5 Å². The normalized spacial score (nSPS) is 18.0. The van der Waals surface area contributed by atoms with Crippen LogP contribution in [0.1, 0.15) is 50.4 Å². The summed E-state index contributed by atoms with van der Waals surface area (Å²) in [7, 11) is 0. The Morgan fingerprint density at radius 3 is 2.63 bits per heavy atom. The standard InChI is InChI=1S/C32H35N5O4/c1-21-26(32(40)37-14-16-41-17-15-37)20-34-28(21)19-25-29-24(8-5-9-27(29)35-31(25)39)22-6-4-7-23(18-22)30(38)33-10-13-36-11-2-3-12-36/h4-9,18-20,34H,2-3,10-17H2,1H3,(H,33,38)(H,35,39). The first-order valence-electron chi connectivity index (χ1n) is 14.3. The number of carbonyl (C=O) groups is 3. The molecule has 6 rings (SSSR count). The number of fused-ring (bicyclic) bond motifs is 1. The van der Waals surface area contributed by atoms with E-state index in [4.69, 9.17) is 4.74 Å². The first kappa shape index (κ1) is 27.0.